The molecule has 0 aromatic carbocycles. The fourth-order valence-corrected chi connectivity index (χ4v) is 11.6. The van der Waals surface area contributed by atoms with E-state index in [0.717, 1.165) is 0 Å². The number of aryl methyl sites for hydroxylation is 6. The van der Waals surface area contributed by atoms with E-state index in [9.17, 15) is 0 Å². The van der Waals surface area contributed by atoms with E-state index in [1.807, 2.05) is 11.3 Å². The summed E-state index contributed by atoms with van der Waals surface area (Å²) in [6.07, 6.45) is 26.2. The number of hydrogen-bond acceptors (Lipinski definition) is 4. The van der Waals surface area contributed by atoms with E-state index in [1.54, 1.807) is 36.9 Å². The number of thiophene rings is 4. The zero-order valence-corrected chi connectivity index (χ0v) is 33.4. The van der Waals surface area contributed by atoms with Crippen LogP contribution in [0.15, 0.2) is 24.3 Å². The van der Waals surface area contributed by atoms with Crippen molar-refractivity contribution in [2.24, 2.45) is 0 Å². The summed E-state index contributed by atoms with van der Waals surface area (Å²) >= 11 is 8.29. The van der Waals surface area contributed by atoms with Crippen molar-refractivity contribution in [3.05, 3.63) is 56.3 Å². The zero-order valence-electron chi connectivity index (χ0n) is 30.1. The topological polar surface area (TPSA) is 0 Å². The lowest BCUT2D eigenvalue weighted by atomic mass is 10.0. The fourth-order valence-electron chi connectivity index (χ4n) is 6.68. The van der Waals surface area contributed by atoms with Gasteiger partial charge < -0.3 is 0 Å². The van der Waals surface area contributed by atoms with Crippen LogP contribution >= 0.6 is 45.3 Å². The lowest BCUT2D eigenvalue weighted by molar-refractivity contribution is 0.666. The third kappa shape index (κ3) is 10.9. The van der Waals surface area contributed by atoms with E-state index in [4.69, 9.17) is 0 Å². The molecule has 4 heteroatoms. The Morgan fingerprint density at radius 2 is 0.717 bits per heavy atom. The lowest BCUT2D eigenvalue weighted by Gasteiger charge is -2.02. The van der Waals surface area contributed by atoms with Gasteiger partial charge in [0.2, 0.25) is 0 Å². The van der Waals surface area contributed by atoms with Gasteiger partial charge >= 0.3 is 0 Å². The molecular weight excluding hydrogens is 633 g/mol. The van der Waals surface area contributed by atoms with Crippen LogP contribution in [-0.4, -0.2) is 0 Å². The molecule has 4 aromatic rings. The summed E-state index contributed by atoms with van der Waals surface area (Å²) in [5, 5.41) is 0. The highest BCUT2D eigenvalue weighted by molar-refractivity contribution is 7.28. The van der Waals surface area contributed by atoms with E-state index in [0.29, 0.717) is 0 Å². The molecule has 0 N–H and O–H groups in total. The highest BCUT2D eigenvalue weighted by Gasteiger charge is 2.21. The van der Waals surface area contributed by atoms with Gasteiger partial charge in [-0.05, 0) is 112 Å². The molecule has 4 heterocycles. The van der Waals surface area contributed by atoms with E-state index in [-0.39, 0.29) is 0 Å². The molecule has 0 saturated carbocycles. The predicted octanol–water partition coefficient (Wildman–Crippen LogP) is 16.0. The summed E-state index contributed by atoms with van der Waals surface area (Å²) in [5.74, 6) is 0. The fraction of sp³-hybridized carbons (Fsp3) is 0.619. The summed E-state index contributed by atoms with van der Waals surface area (Å²) in [6, 6.07) is 10.3. The average Bonchev–Trinajstić information content (AvgIpc) is 3.83. The normalized spacial score (nSPS) is 11.7. The maximum atomic E-state index is 2.62. The average molecular weight is 695 g/mol. The van der Waals surface area contributed by atoms with Gasteiger partial charge in [-0.1, -0.05) is 105 Å². The van der Waals surface area contributed by atoms with Crippen LogP contribution in [0.25, 0.3) is 29.3 Å². The zero-order chi connectivity index (χ0) is 32.7. The summed E-state index contributed by atoms with van der Waals surface area (Å²) in [5.41, 5.74) is 6.39. The molecule has 0 nitrogen and oxygen atoms in total. The first-order valence-corrected chi connectivity index (χ1v) is 22.2. The Bertz CT molecular complexity index is 1420. The van der Waals surface area contributed by atoms with Crippen LogP contribution in [0.5, 0.6) is 0 Å². The van der Waals surface area contributed by atoms with Crippen LogP contribution in [0.2, 0.25) is 0 Å². The molecule has 0 radical (unpaired) electrons. The van der Waals surface area contributed by atoms with Gasteiger partial charge in [0, 0.05) is 39.0 Å². The maximum Gasteiger partial charge on any atom is 0.0481 e. The number of unbranched alkanes of at least 4 members (excludes halogenated alkanes) is 12. The molecule has 0 spiro atoms. The molecule has 4 rings (SSSR count). The second-order valence-corrected chi connectivity index (χ2v) is 18.2. The molecule has 0 saturated heterocycles. The molecular formula is C42H62S4. The van der Waals surface area contributed by atoms with Crippen LogP contribution in [-0.2, 0) is 25.7 Å². The second kappa shape index (κ2) is 20.3. The van der Waals surface area contributed by atoms with Crippen molar-refractivity contribution in [3.63, 3.8) is 0 Å². The van der Waals surface area contributed by atoms with E-state index in [1.165, 1.54) is 153 Å². The summed E-state index contributed by atoms with van der Waals surface area (Å²) < 4.78 is 0. The molecule has 46 heavy (non-hydrogen) atoms. The molecule has 0 bridgehead atoms. The molecule has 254 valence electrons. The molecule has 0 aliphatic heterocycles. The standard InChI is InChI=1S/C42H62S4/c1-7-11-15-19-23-33-28-37(44-32(33)6)41-35(25-21-17-13-9-3)30-39(46-41)42-36(26-22-18-14-10-4)29-38(45-42)40-34(27-31(5)43-40)24-20-16-12-8-2/h27-30H,7-26H2,1-6H3. The Hall–Kier alpha value is -1.20. The lowest BCUT2D eigenvalue weighted by Crippen LogP contribution is -1.87. The molecule has 0 unspecified atom stereocenters. The summed E-state index contributed by atoms with van der Waals surface area (Å²) in [7, 11) is 0. The van der Waals surface area contributed by atoms with Crippen molar-refractivity contribution < 1.29 is 0 Å². The molecule has 0 aliphatic rings. The van der Waals surface area contributed by atoms with Gasteiger partial charge in [0.05, 0.1) is 0 Å². The Morgan fingerprint density at radius 3 is 1.15 bits per heavy atom. The molecule has 4 aromatic heterocycles. The Balaban J connectivity index is 1.70. The largest absolute Gasteiger partial charge is 0.139 e. The molecule has 0 fully saturated rings. The Labute approximate surface area is 299 Å². The first-order valence-electron chi connectivity index (χ1n) is 18.9. The van der Waals surface area contributed by atoms with Gasteiger partial charge in [0.25, 0.3) is 0 Å². The Kier molecular flexibility index (Phi) is 16.6. The summed E-state index contributed by atoms with van der Waals surface area (Å²) in [4.78, 5) is 12.2. The van der Waals surface area contributed by atoms with Crippen molar-refractivity contribution in [1.29, 1.82) is 0 Å². The third-order valence-electron chi connectivity index (χ3n) is 9.44. The first kappa shape index (κ1) is 37.6. The van der Waals surface area contributed by atoms with Crippen molar-refractivity contribution in [3.8, 4) is 29.3 Å². The molecule has 0 aliphatic carbocycles. The van der Waals surface area contributed by atoms with Crippen molar-refractivity contribution >= 4 is 45.3 Å². The van der Waals surface area contributed by atoms with Gasteiger partial charge in [-0.25, -0.2) is 0 Å². The van der Waals surface area contributed by atoms with E-state index >= 15 is 0 Å². The number of rotatable bonds is 23. The second-order valence-electron chi connectivity index (χ2n) is 13.6. The van der Waals surface area contributed by atoms with Gasteiger partial charge in [0.15, 0.2) is 0 Å². The minimum absolute atomic E-state index is 1.21. The first-order chi connectivity index (χ1) is 22.5. The maximum absolute atomic E-state index is 2.62. The van der Waals surface area contributed by atoms with Gasteiger partial charge in [-0.15, -0.1) is 45.3 Å². The van der Waals surface area contributed by atoms with Crippen molar-refractivity contribution in [2.75, 3.05) is 0 Å². The van der Waals surface area contributed by atoms with Gasteiger partial charge in [-0.2, -0.15) is 0 Å². The monoisotopic (exact) mass is 694 g/mol. The van der Waals surface area contributed by atoms with Crippen LogP contribution in [0, 0.1) is 13.8 Å². The van der Waals surface area contributed by atoms with Crippen LogP contribution in [0.4, 0.5) is 0 Å². The molecule has 0 atom stereocenters. The van der Waals surface area contributed by atoms with Crippen molar-refractivity contribution in [2.45, 2.75) is 170 Å². The third-order valence-corrected chi connectivity index (χ3v) is 14.5. The van der Waals surface area contributed by atoms with E-state index in [2.05, 4.69) is 99.8 Å². The quantitative estimate of drug-likeness (QED) is 0.0678. The summed E-state index contributed by atoms with van der Waals surface area (Å²) in [6.45, 7) is 13.9. The highest BCUT2D eigenvalue weighted by atomic mass is 32.1. The van der Waals surface area contributed by atoms with Crippen LogP contribution in [0.1, 0.15) is 162 Å². The van der Waals surface area contributed by atoms with Crippen molar-refractivity contribution in [1.82, 2.24) is 0 Å². The predicted molar refractivity (Wildman–Crippen MR) is 215 cm³/mol. The Morgan fingerprint density at radius 1 is 0.370 bits per heavy atom. The number of hydrogen-bond donors (Lipinski definition) is 0. The minimum Gasteiger partial charge on any atom is -0.139 e. The molecule has 0 amide bonds. The highest BCUT2D eigenvalue weighted by Crippen LogP contribution is 2.49. The smallest absolute Gasteiger partial charge is 0.0481 e. The van der Waals surface area contributed by atoms with Gasteiger partial charge in [0.1, 0.15) is 0 Å². The van der Waals surface area contributed by atoms with Crippen LogP contribution in [0.3, 0.4) is 0 Å². The van der Waals surface area contributed by atoms with Crippen LogP contribution < -0.4 is 0 Å². The van der Waals surface area contributed by atoms with Gasteiger partial charge in [-0.3, -0.25) is 0 Å². The van der Waals surface area contributed by atoms with E-state index < -0.39 is 0 Å². The minimum atomic E-state index is 1.21. The SMILES string of the molecule is CCCCCCc1cc(-c2sc(-c3sc(-c4sc(C)cc4CCCCCC)cc3CCCCCC)cc2CCCCCC)sc1C.